The summed E-state index contributed by atoms with van der Waals surface area (Å²) in [6.07, 6.45) is 2.38. The van der Waals surface area contributed by atoms with Crippen molar-refractivity contribution in [3.05, 3.63) is 156 Å². The van der Waals surface area contributed by atoms with Gasteiger partial charge in [-0.1, -0.05) is 103 Å². The Kier molecular flexibility index (Phi) is 12.7. The number of nitriles is 1. The third kappa shape index (κ3) is 10.8. The maximum atomic E-state index is 14.2. The fraction of sp³-hybridized carbons (Fsp3) is 0.205. The summed E-state index contributed by atoms with van der Waals surface area (Å²) in [6.45, 7) is 0.218. The summed E-state index contributed by atoms with van der Waals surface area (Å²) in [4.78, 5) is 49.0. The molecule has 0 aliphatic rings. The van der Waals surface area contributed by atoms with Crippen LogP contribution in [0.5, 0.6) is 5.75 Å². The molecule has 5 rings (SSSR count). The van der Waals surface area contributed by atoms with E-state index >= 15 is 0 Å². The molecule has 4 aromatic carbocycles. The highest BCUT2D eigenvalue weighted by Crippen LogP contribution is 2.17. The number of hydrogen-bond donors (Lipinski definition) is 3. The van der Waals surface area contributed by atoms with Gasteiger partial charge in [-0.05, 0) is 34.4 Å². The van der Waals surface area contributed by atoms with E-state index in [0.29, 0.717) is 18.1 Å². The number of amides is 3. The van der Waals surface area contributed by atoms with E-state index in [2.05, 4.69) is 26.7 Å². The molecule has 0 bridgehead atoms. The third-order valence-corrected chi connectivity index (χ3v) is 7.82. The van der Waals surface area contributed by atoms with E-state index in [-0.39, 0.29) is 32.7 Å². The van der Waals surface area contributed by atoms with Gasteiger partial charge >= 0.3 is 6.09 Å². The number of aromatic amines is 1. The van der Waals surface area contributed by atoms with Crippen molar-refractivity contribution in [3.63, 3.8) is 0 Å². The number of H-pyrrole nitrogens is 1. The van der Waals surface area contributed by atoms with E-state index in [1.54, 1.807) is 18.3 Å². The molecule has 3 N–H and O–H groups in total. The number of nitrogens with one attached hydrogen (secondary N) is 3. The molecule has 0 saturated heterocycles. The van der Waals surface area contributed by atoms with E-state index in [4.69, 9.17) is 9.47 Å². The fourth-order valence-electron chi connectivity index (χ4n) is 5.17. The first kappa shape index (κ1) is 34.9. The normalized spacial score (nSPS) is 11.7. The molecule has 1 heterocycles. The summed E-state index contributed by atoms with van der Waals surface area (Å²) >= 11 is 0. The highest BCUT2D eigenvalue weighted by Gasteiger charge is 2.29. The van der Waals surface area contributed by atoms with E-state index in [0.717, 1.165) is 22.3 Å². The van der Waals surface area contributed by atoms with E-state index in [1.165, 1.54) is 11.2 Å². The summed E-state index contributed by atoms with van der Waals surface area (Å²) in [7, 11) is 0. The van der Waals surface area contributed by atoms with Crippen molar-refractivity contribution in [3.8, 4) is 11.8 Å². The van der Waals surface area contributed by atoms with Crippen LogP contribution in [-0.4, -0.2) is 51.9 Å². The quantitative estimate of drug-likeness (QED) is 0.129. The minimum atomic E-state index is -1.10. The van der Waals surface area contributed by atoms with Crippen molar-refractivity contribution in [2.45, 2.75) is 38.1 Å². The molecule has 0 radical (unpaired) electrons. The number of rotatable bonds is 16. The predicted octanol–water partition coefficient (Wildman–Crippen LogP) is 5.28. The summed E-state index contributed by atoms with van der Waals surface area (Å²) in [6, 6.07) is 36.5. The van der Waals surface area contributed by atoms with Crippen LogP contribution in [0.2, 0.25) is 0 Å². The first-order chi connectivity index (χ1) is 24.5. The zero-order valence-corrected chi connectivity index (χ0v) is 27.4. The van der Waals surface area contributed by atoms with Gasteiger partial charge in [0.25, 0.3) is 0 Å². The van der Waals surface area contributed by atoms with Gasteiger partial charge in [-0.3, -0.25) is 9.59 Å². The van der Waals surface area contributed by atoms with Gasteiger partial charge in [0, 0.05) is 25.7 Å². The second-order valence-corrected chi connectivity index (χ2v) is 11.5. The zero-order valence-electron chi connectivity index (χ0n) is 27.4. The Morgan fingerprint density at radius 3 is 2.08 bits per heavy atom. The number of carbonyl (C=O) groups is 3. The lowest BCUT2D eigenvalue weighted by Gasteiger charge is -2.27. The molecule has 3 amide bonds. The molecule has 254 valence electrons. The molecule has 0 aliphatic heterocycles. The molecular formula is C39H38N6O5. The molecule has 0 saturated carbocycles. The lowest BCUT2D eigenvalue weighted by molar-refractivity contribution is -0.138. The van der Waals surface area contributed by atoms with E-state index in [1.807, 2.05) is 103 Å². The van der Waals surface area contributed by atoms with Gasteiger partial charge in [0.2, 0.25) is 11.8 Å². The van der Waals surface area contributed by atoms with Gasteiger partial charge in [-0.2, -0.15) is 5.26 Å². The smallest absolute Gasteiger partial charge is 0.408 e. The van der Waals surface area contributed by atoms with Crippen molar-refractivity contribution >= 4 is 17.9 Å². The average Bonchev–Trinajstić information content (AvgIpc) is 3.68. The van der Waals surface area contributed by atoms with Gasteiger partial charge in [0.05, 0.1) is 30.6 Å². The molecule has 1 aromatic heterocycles. The molecule has 5 aromatic rings. The molecule has 1 unspecified atom stereocenters. The second kappa shape index (κ2) is 18.2. The SMILES string of the molecule is N#CC(CNC(=O)CN(Cc1ccc(OCc2ccccc2)cc1)C(=O)[C@H](Cc1c[nH]cn1)NC(=O)OCc1ccccc1)c1ccccc1. The highest BCUT2D eigenvalue weighted by molar-refractivity contribution is 5.89. The minimum Gasteiger partial charge on any atom is -0.489 e. The monoisotopic (exact) mass is 670 g/mol. The van der Waals surface area contributed by atoms with E-state index < -0.39 is 29.9 Å². The second-order valence-electron chi connectivity index (χ2n) is 11.5. The largest absolute Gasteiger partial charge is 0.489 e. The Labute approximate surface area is 290 Å². The maximum absolute atomic E-state index is 14.2. The molecular weight excluding hydrogens is 632 g/mol. The Balaban J connectivity index is 1.31. The van der Waals surface area contributed by atoms with Crippen LogP contribution < -0.4 is 15.4 Å². The number of benzene rings is 4. The van der Waals surface area contributed by atoms with Gasteiger partial charge in [-0.15, -0.1) is 0 Å². The number of aromatic nitrogens is 2. The van der Waals surface area contributed by atoms with E-state index in [9.17, 15) is 19.6 Å². The molecule has 50 heavy (non-hydrogen) atoms. The molecule has 2 atom stereocenters. The summed E-state index contributed by atoms with van der Waals surface area (Å²) < 4.78 is 11.3. The molecule has 11 heteroatoms. The fourth-order valence-corrected chi connectivity index (χ4v) is 5.17. The number of nitrogens with zero attached hydrogens (tertiary/aromatic N) is 3. The summed E-state index contributed by atoms with van der Waals surface area (Å²) in [5.41, 5.74) is 3.87. The lowest BCUT2D eigenvalue weighted by atomic mass is 10.0. The van der Waals surface area contributed by atoms with Crippen molar-refractivity contribution in [1.29, 1.82) is 5.26 Å². The third-order valence-electron chi connectivity index (χ3n) is 7.82. The highest BCUT2D eigenvalue weighted by atomic mass is 16.5. The Morgan fingerprint density at radius 2 is 1.46 bits per heavy atom. The van der Waals surface area contributed by atoms with Crippen LogP contribution in [0.1, 0.15) is 33.9 Å². The Morgan fingerprint density at radius 1 is 0.820 bits per heavy atom. The van der Waals surface area contributed by atoms with Crippen molar-refractivity contribution in [2.24, 2.45) is 0 Å². The van der Waals surface area contributed by atoms with Crippen LogP contribution >= 0.6 is 0 Å². The summed E-state index contributed by atoms with van der Waals surface area (Å²) in [5.74, 6) is -0.885. The Bertz CT molecular complexity index is 1830. The molecule has 0 spiro atoms. The van der Waals surface area contributed by atoms with Crippen LogP contribution in [0.3, 0.4) is 0 Å². The first-order valence-corrected chi connectivity index (χ1v) is 16.2. The molecule has 0 aliphatic carbocycles. The maximum Gasteiger partial charge on any atom is 0.408 e. The van der Waals surface area contributed by atoms with Crippen LogP contribution in [0.15, 0.2) is 128 Å². The zero-order chi connectivity index (χ0) is 35.0. The standard InChI is InChI=1S/C39H38N6O5/c40-21-33(32-14-8-3-9-15-32)22-42-37(46)25-45(24-29-16-18-35(19-17-29)49-26-30-10-4-1-5-11-30)38(47)36(20-34-23-41-28-43-34)44-39(48)50-27-31-12-6-2-7-13-31/h1-19,23,28,33,36H,20,22,24-27H2,(H,41,43)(H,42,46)(H,44,48)/t33?,36-/m0/s1. The number of alkyl carbamates (subject to hydrolysis) is 1. The van der Waals surface area contributed by atoms with Gasteiger partial charge < -0.3 is 30.0 Å². The van der Waals surface area contributed by atoms with Crippen LogP contribution in [0, 0.1) is 11.3 Å². The van der Waals surface area contributed by atoms with Gasteiger partial charge in [0.15, 0.2) is 0 Å². The van der Waals surface area contributed by atoms with Crippen molar-refractivity contribution < 1.29 is 23.9 Å². The van der Waals surface area contributed by atoms with Crippen molar-refractivity contribution in [1.82, 2.24) is 25.5 Å². The number of imidazole rings is 1. The minimum absolute atomic E-state index is 0.0161. The topological polar surface area (TPSA) is 149 Å². The molecule has 0 fully saturated rings. The Hall–Kier alpha value is -6.41. The predicted molar refractivity (Wildman–Crippen MR) is 186 cm³/mol. The van der Waals surface area contributed by atoms with Gasteiger partial charge in [0.1, 0.15) is 25.0 Å². The lowest BCUT2D eigenvalue weighted by Crippen LogP contribution is -2.52. The van der Waals surface area contributed by atoms with Crippen molar-refractivity contribution in [2.75, 3.05) is 13.1 Å². The number of hydrogen-bond acceptors (Lipinski definition) is 7. The summed E-state index contributed by atoms with van der Waals surface area (Å²) in [5, 5.41) is 15.2. The van der Waals surface area contributed by atoms with Crippen LogP contribution in [-0.2, 0) is 40.5 Å². The first-order valence-electron chi connectivity index (χ1n) is 16.2. The van der Waals surface area contributed by atoms with Crippen LogP contribution in [0.25, 0.3) is 0 Å². The average molecular weight is 671 g/mol. The number of carbonyl (C=O) groups excluding carboxylic acids is 3. The van der Waals surface area contributed by atoms with Gasteiger partial charge in [-0.25, -0.2) is 9.78 Å². The van der Waals surface area contributed by atoms with Crippen LogP contribution in [0.4, 0.5) is 4.79 Å². The molecule has 11 nitrogen and oxygen atoms in total. The number of ether oxygens (including phenoxy) is 2.